The van der Waals surface area contributed by atoms with E-state index < -0.39 is 6.04 Å². The summed E-state index contributed by atoms with van der Waals surface area (Å²) in [5.74, 6) is -0.150. The van der Waals surface area contributed by atoms with Gasteiger partial charge in [0.25, 0.3) is 0 Å². The van der Waals surface area contributed by atoms with E-state index in [1.54, 1.807) is 21.0 Å². The van der Waals surface area contributed by atoms with E-state index in [2.05, 4.69) is 16.0 Å². The van der Waals surface area contributed by atoms with Gasteiger partial charge in [-0.15, -0.1) is 0 Å². The standard InChI is InChI=1S/C15H29N3O3/c1-11(14(19)16-9-10-21-3)17-12(2)15(20)18-13-7-5-4-6-8-13/h11-13,17H,4-10H2,1-3H3,(H,16,19)(H,18,20). The first-order chi connectivity index (χ1) is 10.0. The molecule has 1 aliphatic carbocycles. The molecule has 2 unspecified atom stereocenters. The summed E-state index contributed by atoms with van der Waals surface area (Å²) in [4.78, 5) is 23.9. The quantitative estimate of drug-likeness (QED) is 0.572. The third-order valence-corrected chi connectivity index (χ3v) is 3.84. The van der Waals surface area contributed by atoms with Gasteiger partial charge in [0.05, 0.1) is 18.7 Å². The second kappa shape index (κ2) is 9.73. The molecule has 0 aliphatic heterocycles. The maximum Gasteiger partial charge on any atom is 0.237 e. The summed E-state index contributed by atoms with van der Waals surface area (Å²) in [6, 6.07) is -0.495. The normalized spacial score (nSPS) is 18.8. The fourth-order valence-electron chi connectivity index (χ4n) is 2.53. The monoisotopic (exact) mass is 299 g/mol. The van der Waals surface area contributed by atoms with Crippen LogP contribution in [0.15, 0.2) is 0 Å². The van der Waals surface area contributed by atoms with Crippen molar-refractivity contribution in [2.45, 2.75) is 64.1 Å². The number of hydrogen-bond acceptors (Lipinski definition) is 4. The third kappa shape index (κ3) is 6.91. The van der Waals surface area contributed by atoms with Gasteiger partial charge >= 0.3 is 0 Å². The van der Waals surface area contributed by atoms with Crippen LogP contribution >= 0.6 is 0 Å². The van der Waals surface area contributed by atoms with Gasteiger partial charge < -0.3 is 15.4 Å². The Morgan fingerprint density at radius 1 is 1.10 bits per heavy atom. The number of rotatable bonds is 8. The number of ether oxygens (including phenoxy) is 1. The number of carbonyl (C=O) groups is 2. The van der Waals surface area contributed by atoms with Crippen molar-refractivity contribution in [1.82, 2.24) is 16.0 Å². The minimum absolute atomic E-state index is 0.0292. The molecule has 0 bridgehead atoms. The summed E-state index contributed by atoms with van der Waals surface area (Å²) in [5, 5.41) is 8.84. The molecule has 1 aliphatic rings. The number of nitrogens with one attached hydrogen (secondary N) is 3. The molecule has 6 nitrogen and oxygen atoms in total. The van der Waals surface area contributed by atoms with Crippen LogP contribution in [0.1, 0.15) is 46.0 Å². The molecule has 0 heterocycles. The minimum atomic E-state index is -0.408. The lowest BCUT2D eigenvalue weighted by Gasteiger charge is -2.25. The van der Waals surface area contributed by atoms with Crippen LogP contribution in [0.25, 0.3) is 0 Å². The Labute approximate surface area is 127 Å². The molecular formula is C15H29N3O3. The lowest BCUT2D eigenvalue weighted by molar-refractivity contribution is -0.125. The molecule has 2 atom stereocenters. The first-order valence-electron chi connectivity index (χ1n) is 7.87. The topological polar surface area (TPSA) is 79.5 Å². The van der Waals surface area contributed by atoms with E-state index in [-0.39, 0.29) is 17.9 Å². The molecule has 0 aromatic rings. The van der Waals surface area contributed by atoms with E-state index in [9.17, 15) is 9.59 Å². The Balaban J connectivity index is 2.28. The number of amides is 2. The van der Waals surface area contributed by atoms with Crippen molar-refractivity contribution < 1.29 is 14.3 Å². The molecule has 1 rings (SSSR count). The maximum atomic E-state index is 12.1. The van der Waals surface area contributed by atoms with Crippen molar-refractivity contribution >= 4 is 11.8 Å². The van der Waals surface area contributed by atoms with Crippen LogP contribution in [-0.2, 0) is 14.3 Å². The van der Waals surface area contributed by atoms with E-state index in [4.69, 9.17) is 4.74 Å². The van der Waals surface area contributed by atoms with Crippen LogP contribution in [0.5, 0.6) is 0 Å². The molecule has 1 fully saturated rings. The van der Waals surface area contributed by atoms with Gasteiger partial charge in [-0.25, -0.2) is 0 Å². The molecular weight excluding hydrogens is 270 g/mol. The largest absolute Gasteiger partial charge is 0.383 e. The fourth-order valence-corrected chi connectivity index (χ4v) is 2.53. The highest BCUT2D eigenvalue weighted by Gasteiger charge is 2.22. The lowest BCUT2D eigenvalue weighted by atomic mass is 9.95. The Kier molecular flexibility index (Phi) is 8.30. The van der Waals surface area contributed by atoms with Crippen molar-refractivity contribution in [2.24, 2.45) is 0 Å². The maximum absolute atomic E-state index is 12.1. The lowest BCUT2D eigenvalue weighted by Crippen LogP contribution is -2.53. The van der Waals surface area contributed by atoms with Gasteiger partial charge in [-0.1, -0.05) is 19.3 Å². The van der Waals surface area contributed by atoms with Crippen molar-refractivity contribution in [2.75, 3.05) is 20.3 Å². The minimum Gasteiger partial charge on any atom is -0.383 e. The highest BCUT2D eigenvalue weighted by Crippen LogP contribution is 2.17. The zero-order valence-corrected chi connectivity index (χ0v) is 13.4. The highest BCUT2D eigenvalue weighted by molar-refractivity contribution is 5.84. The molecule has 1 saturated carbocycles. The second-order valence-corrected chi connectivity index (χ2v) is 5.74. The average Bonchev–Trinajstić information content (AvgIpc) is 2.48. The molecule has 122 valence electrons. The summed E-state index contributed by atoms with van der Waals surface area (Å²) in [6.45, 7) is 4.50. The van der Waals surface area contributed by atoms with Gasteiger partial charge in [0.1, 0.15) is 0 Å². The second-order valence-electron chi connectivity index (χ2n) is 5.74. The zero-order chi connectivity index (χ0) is 15.7. The number of hydrogen-bond donors (Lipinski definition) is 3. The highest BCUT2D eigenvalue weighted by atomic mass is 16.5. The zero-order valence-electron chi connectivity index (χ0n) is 13.4. The first kappa shape index (κ1) is 17.9. The fraction of sp³-hybridized carbons (Fsp3) is 0.867. The molecule has 0 saturated heterocycles. The molecule has 2 amide bonds. The predicted molar refractivity (Wildman–Crippen MR) is 82.0 cm³/mol. The molecule has 0 aromatic heterocycles. The molecule has 21 heavy (non-hydrogen) atoms. The molecule has 0 aromatic carbocycles. The number of methoxy groups -OCH3 is 1. The summed E-state index contributed by atoms with van der Waals surface area (Å²) in [7, 11) is 1.59. The average molecular weight is 299 g/mol. The van der Waals surface area contributed by atoms with E-state index in [0.717, 1.165) is 12.8 Å². The molecule has 0 radical (unpaired) electrons. The summed E-state index contributed by atoms with van der Waals surface area (Å²) in [5.41, 5.74) is 0. The van der Waals surface area contributed by atoms with Crippen LogP contribution in [0, 0.1) is 0 Å². The van der Waals surface area contributed by atoms with Gasteiger partial charge in [0, 0.05) is 19.7 Å². The van der Waals surface area contributed by atoms with Gasteiger partial charge in [0.15, 0.2) is 0 Å². The van der Waals surface area contributed by atoms with Gasteiger partial charge in [-0.2, -0.15) is 0 Å². The van der Waals surface area contributed by atoms with E-state index in [1.807, 2.05) is 0 Å². The van der Waals surface area contributed by atoms with Gasteiger partial charge in [-0.3, -0.25) is 14.9 Å². The number of carbonyl (C=O) groups excluding carboxylic acids is 2. The Morgan fingerprint density at radius 2 is 1.71 bits per heavy atom. The summed E-state index contributed by atoms with van der Waals surface area (Å²) < 4.78 is 4.88. The summed E-state index contributed by atoms with van der Waals surface area (Å²) >= 11 is 0. The smallest absolute Gasteiger partial charge is 0.237 e. The Morgan fingerprint density at radius 3 is 2.33 bits per heavy atom. The molecule has 0 spiro atoms. The van der Waals surface area contributed by atoms with Crippen LogP contribution in [0.4, 0.5) is 0 Å². The van der Waals surface area contributed by atoms with Crippen molar-refractivity contribution in [3.8, 4) is 0 Å². The van der Waals surface area contributed by atoms with Crippen molar-refractivity contribution in [3.63, 3.8) is 0 Å². The van der Waals surface area contributed by atoms with Crippen molar-refractivity contribution in [3.05, 3.63) is 0 Å². The van der Waals surface area contributed by atoms with Crippen LogP contribution in [0.2, 0.25) is 0 Å². The van der Waals surface area contributed by atoms with Crippen LogP contribution in [0.3, 0.4) is 0 Å². The summed E-state index contributed by atoms with van der Waals surface area (Å²) in [6.07, 6.45) is 5.76. The van der Waals surface area contributed by atoms with Crippen LogP contribution < -0.4 is 16.0 Å². The van der Waals surface area contributed by atoms with E-state index in [0.29, 0.717) is 19.2 Å². The van der Waals surface area contributed by atoms with Gasteiger partial charge in [0.2, 0.25) is 11.8 Å². The molecule has 6 heteroatoms. The van der Waals surface area contributed by atoms with Crippen molar-refractivity contribution in [1.29, 1.82) is 0 Å². The first-order valence-corrected chi connectivity index (χ1v) is 7.87. The van der Waals surface area contributed by atoms with E-state index >= 15 is 0 Å². The third-order valence-electron chi connectivity index (χ3n) is 3.84. The molecule has 3 N–H and O–H groups in total. The van der Waals surface area contributed by atoms with Gasteiger partial charge in [-0.05, 0) is 26.7 Å². The Bertz CT molecular complexity index is 330. The Hall–Kier alpha value is -1.14. The van der Waals surface area contributed by atoms with E-state index in [1.165, 1.54) is 19.3 Å². The van der Waals surface area contributed by atoms with Crippen LogP contribution in [-0.4, -0.2) is 50.2 Å². The predicted octanol–water partition coefficient (Wildman–Crippen LogP) is 0.565. The SMILES string of the molecule is COCCNC(=O)C(C)NC(C)C(=O)NC1CCCCC1.